The average Bonchev–Trinajstić information content (AvgIpc) is 3.36. The summed E-state index contributed by atoms with van der Waals surface area (Å²) in [4.78, 5) is 12.7. The third-order valence-corrected chi connectivity index (χ3v) is 7.91. The van der Waals surface area contributed by atoms with E-state index >= 15 is 0 Å². The monoisotopic (exact) mass is 432 g/mol. The molecule has 3 unspecified atom stereocenters. The van der Waals surface area contributed by atoms with E-state index in [1.165, 1.54) is 56.0 Å². The minimum Gasteiger partial charge on any atom is -0.497 e. The molecule has 0 saturated heterocycles. The summed E-state index contributed by atoms with van der Waals surface area (Å²) in [5, 5.41) is 2.98. The Morgan fingerprint density at radius 1 is 1.13 bits per heavy atom. The van der Waals surface area contributed by atoms with Crippen LogP contribution in [0.3, 0.4) is 0 Å². The van der Waals surface area contributed by atoms with E-state index in [1.54, 1.807) is 6.07 Å². The molecule has 160 valence electrons. The van der Waals surface area contributed by atoms with E-state index in [-0.39, 0.29) is 16.6 Å². The number of nitrogens with zero attached hydrogens (tertiary/aromatic N) is 1. The van der Waals surface area contributed by atoms with Gasteiger partial charge in [0.2, 0.25) is 5.91 Å². The molecule has 0 aromatic heterocycles. The van der Waals surface area contributed by atoms with E-state index in [0.717, 1.165) is 23.6 Å². The van der Waals surface area contributed by atoms with Crippen molar-refractivity contribution in [3.8, 4) is 5.75 Å². The first-order valence-corrected chi connectivity index (χ1v) is 11.5. The maximum absolute atomic E-state index is 14.5. The molecule has 8 heteroatoms. The third-order valence-electron chi connectivity index (χ3n) is 6.14. The number of carbonyl (C=O) groups is 1. The molecule has 1 amide bonds. The van der Waals surface area contributed by atoms with Crippen molar-refractivity contribution in [2.45, 2.75) is 36.6 Å². The fourth-order valence-corrected chi connectivity index (χ4v) is 6.06. The van der Waals surface area contributed by atoms with Crippen molar-refractivity contribution >= 4 is 21.6 Å². The average molecular weight is 433 g/mol. The molecule has 2 aliphatic rings. The molecular formula is C22H25FN2O4S. The number of benzene rings is 2. The Bertz CT molecular complexity index is 1030. The number of methoxy groups -OCH3 is 1. The summed E-state index contributed by atoms with van der Waals surface area (Å²) in [6.45, 7) is -0.483. The standard InChI is InChI=1S/C22H25FN2O4S/c1-29-17-8-10-18(11-9-17)30(27,28)25(21-5-3-2-4-19(21)23)14-22(26)24-20-13-15-6-7-16(20)12-15/h2-5,8-11,15-16,20H,6-7,12-14H2,1H3,(H,24,26). The summed E-state index contributed by atoms with van der Waals surface area (Å²) in [7, 11) is -2.68. The van der Waals surface area contributed by atoms with Crippen molar-refractivity contribution in [1.29, 1.82) is 0 Å². The highest BCUT2D eigenvalue weighted by Crippen LogP contribution is 2.44. The quantitative estimate of drug-likeness (QED) is 0.728. The molecule has 2 aliphatic carbocycles. The van der Waals surface area contributed by atoms with Gasteiger partial charge in [-0.1, -0.05) is 18.6 Å². The van der Waals surface area contributed by atoms with Gasteiger partial charge in [0.15, 0.2) is 0 Å². The zero-order valence-electron chi connectivity index (χ0n) is 16.8. The van der Waals surface area contributed by atoms with Gasteiger partial charge in [-0.15, -0.1) is 0 Å². The Hall–Kier alpha value is -2.61. The fourth-order valence-electron chi connectivity index (χ4n) is 4.63. The summed E-state index contributed by atoms with van der Waals surface area (Å²) >= 11 is 0. The number of para-hydroxylation sites is 1. The Labute approximate surface area is 176 Å². The van der Waals surface area contributed by atoms with Crippen molar-refractivity contribution in [2.24, 2.45) is 11.8 Å². The van der Waals surface area contributed by atoms with E-state index in [4.69, 9.17) is 4.74 Å². The summed E-state index contributed by atoms with van der Waals surface area (Å²) < 4.78 is 47.1. The van der Waals surface area contributed by atoms with Gasteiger partial charge in [0.1, 0.15) is 18.1 Å². The zero-order valence-corrected chi connectivity index (χ0v) is 17.6. The molecule has 30 heavy (non-hydrogen) atoms. The van der Waals surface area contributed by atoms with Crippen molar-refractivity contribution in [2.75, 3.05) is 18.0 Å². The second-order valence-electron chi connectivity index (χ2n) is 7.99. The molecule has 2 aromatic carbocycles. The molecule has 2 bridgehead atoms. The van der Waals surface area contributed by atoms with Gasteiger partial charge in [0.05, 0.1) is 17.7 Å². The Morgan fingerprint density at radius 3 is 2.47 bits per heavy atom. The lowest BCUT2D eigenvalue weighted by Crippen LogP contribution is -2.46. The first-order valence-electron chi connectivity index (χ1n) is 10.1. The molecule has 0 radical (unpaired) electrons. The van der Waals surface area contributed by atoms with Crippen LogP contribution in [0.25, 0.3) is 0 Å². The van der Waals surface area contributed by atoms with Crippen LogP contribution in [0.5, 0.6) is 5.75 Å². The SMILES string of the molecule is COc1ccc(S(=O)(=O)N(CC(=O)NC2CC3CCC2C3)c2ccccc2F)cc1. The lowest BCUT2D eigenvalue weighted by Gasteiger charge is -2.27. The number of hydrogen-bond donors (Lipinski definition) is 1. The molecule has 4 rings (SSSR count). The highest BCUT2D eigenvalue weighted by molar-refractivity contribution is 7.92. The van der Waals surface area contributed by atoms with E-state index in [9.17, 15) is 17.6 Å². The zero-order chi connectivity index (χ0) is 21.3. The molecule has 0 heterocycles. The number of amides is 1. The molecular weight excluding hydrogens is 407 g/mol. The van der Waals surface area contributed by atoms with Gasteiger partial charge in [0, 0.05) is 6.04 Å². The number of halogens is 1. The van der Waals surface area contributed by atoms with Crippen LogP contribution in [0.4, 0.5) is 10.1 Å². The Morgan fingerprint density at radius 2 is 1.87 bits per heavy atom. The number of hydrogen-bond acceptors (Lipinski definition) is 4. The molecule has 6 nitrogen and oxygen atoms in total. The van der Waals surface area contributed by atoms with Crippen LogP contribution in [0.15, 0.2) is 53.4 Å². The number of anilines is 1. The molecule has 1 N–H and O–H groups in total. The van der Waals surface area contributed by atoms with Crippen LogP contribution in [-0.4, -0.2) is 34.0 Å². The van der Waals surface area contributed by atoms with Crippen LogP contribution in [0.1, 0.15) is 25.7 Å². The topological polar surface area (TPSA) is 75.7 Å². The van der Waals surface area contributed by atoms with Gasteiger partial charge in [-0.3, -0.25) is 9.10 Å². The van der Waals surface area contributed by atoms with Crippen molar-refractivity contribution < 1.29 is 22.3 Å². The van der Waals surface area contributed by atoms with Crippen LogP contribution in [0.2, 0.25) is 0 Å². The first kappa shape index (κ1) is 20.7. The summed E-state index contributed by atoms with van der Waals surface area (Å²) in [5.41, 5.74) is -0.156. The Balaban J connectivity index is 1.61. The van der Waals surface area contributed by atoms with Gasteiger partial charge in [-0.2, -0.15) is 0 Å². The summed E-state index contributed by atoms with van der Waals surface area (Å²) in [5.74, 6) is 0.473. The smallest absolute Gasteiger partial charge is 0.264 e. The maximum Gasteiger partial charge on any atom is 0.264 e. The molecule has 2 fully saturated rings. The first-order chi connectivity index (χ1) is 14.4. The normalized spacial score (nSPS) is 22.7. The minimum atomic E-state index is -4.16. The van der Waals surface area contributed by atoms with Crippen molar-refractivity contribution in [3.05, 3.63) is 54.3 Å². The molecule has 3 atom stereocenters. The van der Waals surface area contributed by atoms with Crippen LogP contribution in [0, 0.1) is 17.7 Å². The second-order valence-corrected chi connectivity index (χ2v) is 9.85. The lowest BCUT2D eigenvalue weighted by molar-refractivity contribution is -0.120. The van der Waals surface area contributed by atoms with Crippen molar-refractivity contribution in [3.63, 3.8) is 0 Å². The summed E-state index contributed by atoms with van der Waals surface area (Å²) in [6.07, 6.45) is 4.34. The number of ether oxygens (including phenoxy) is 1. The van der Waals surface area contributed by atoms with E-state index in [1.807, 2.05) is 0 Å². The summed E-state index contributed by atoms with van der Waals surface area (Å²) in [6, 6.07) is 11.4. The number of fused-ring (bicyclic) bond motifs is 2. The number of nitrogens with one attached hydrogen (secondary N) is 1. The van der Waals surface area contributed by atoms with Gasteiger partial charge in [0.25, 0.3) is 10.0 Å². The predicted molar refractivity (Wildman–Crippen MR) is 111 cm³/mol. The van der Waals surface area contributed by atoms with E-state index in [2.05, 4.69) is 5.32 Å². The second kappa shape index (κ2) is 8.26. The maximum atomic E-state index is 14.5. The highest BCUT2D eigenvalue weighted by Gasteiger charge is 2.40. The van der Waals surface area contributed by atoms with Gasteiger partial charge < -0.3 is 10.1 Å². The molecule has 2 saturated carbocycles. The van der Waals surface area contributed by atoms with Crippen LogP contribution < -0.4 is 14.4 Å². The number of carbonyl (C=O) groups excluding carboxylic acids is 1. The lowest BCUT2D eigenvalue weighted by atomic mass is 9.95. The molecule has 2 aromatic rings. The minimum absolute atomic E-state index is 0.0423. The highest BCUT2D eigenvalue weighted by atomic mass is 32.2. The molecule has 0 spiro atoms. The van der Waals surface area contributed by atoms with Gasteiger partial charge >= 0.3 is 0 Å². The number of rotatable bonds is 7. The van der Waals surface area contributed by atoms with Crippen LogP contribution in [-0.2, 0) is 14.8 Å². The number of sulfonamides is 1. The largest absolute Gasteiger partial charge is 0.497 e. The van der Waals surface area contributed by atoms with Crippen LogP contribution >= 0.6 is 0 Å². The predicted octanol–water partition coefficient (Wildman–Crippen LogP) is 3.33. The molecule has 0 aliphatic heterocycles. The fraction of sp³-hybridized carbons (Fsp3) is 0.409. The Kier molecular flexibility index (Phi) is 5.69. The van der Waals surface area contributed by atoms with E-state index in [0.29, 0.717) is 17.6 Å². The van der Waals surface area contributed by atoms with Gasteiger partial charge in [-0.25, -0.2) is 12.8 Å². The van der Waals surface area contributed by atoms with E-state index < -0.39 is 28.3 Å². The third kappa shape index (κ3) is 4.01. The van der Waals surface area contributed by atoms with Gasteiger partial charge in [-0.05, 0) is 67.5 Å². The van der Waals surface area contributed by atoms with Crippen molar-refractivity contribution in [1.82, 2.24) is 5.32 Å².